The van der Waals surface area contributed by atoms with E-state index in [-0.39, 0.29) is 5.41 Å². The summed E-state index contributed by atoms with van der Waals surface area (Å²) < 4.78 is 11.5. The van der Waals surface area contributed by atoms with Crippen LogP contribution in [0.5, 0.6) is 0 Å². The maximum absolute atomic E-state index is 5.84. The Balaban J connectivity index is 1.67. The highest BCUT2D eigenvalue weighted by Gasteiger charge is 2.59. The molecule has 0 aromatic heterocycles. The average molecular weight is 311 g/mol. The minimum atomic E-state index is 0.173. The number of ether oxygens (including phenoxy) is 2. The average Bonchev–Trinajstić information content (AvgIpc) is 2.92. The predicted molar refractivity (Wildman–Crippen MR) is 90.2 cm³/mol. The molecule has 2 aliphatic rings. The molecule has 0 bridgehead atoms. The van der Waals surface area contributed by atoms with Gasteiger partial charge in [-0.15, -0.1) is 0 Å². The lowest BCUT2D eigenvalue weighted by molar-refractivity contribution is -0.106. The van der Waals surface area contributed by atoms with Gasteiger partial charge in [-0.3, -0.25) is 4.99 Å². The number of aliphatic imine (C=N–C) groups is 1. The second-order valence-electron chi connectivity index (χ2n) is 7.48. The van der Waals surface area contributed by atoms with Crippen molar-refractivity contribution in [2.75, 3.05) is 33.4 Å². The number of nitrogens with zero attached hydrogens (tertiary/aromatic N) is 1. The number of guanidine groups is 1. The Bertz CT molecular complexity index is 382. The Morgan fingerprint density at radius 2 is 2.14 bits per heavy atom. The molecule has 2 N–H and O–H groups in total. The van der Waals surface area contributed by atoms with Gasteiger partial charge in [0.2, 0.25) is 0 Å². The van der Waals surface area contributed by atoms with Crippen LogP contribution in [-0.4, -0.2) is 51.5 Å². The van der Waals surface area contributed by atoms with Crippen LogP contribution in [0.3, 0.4) is 0 Å². The summed E-state index contributed by atoms with van der Waals surface area (Å²) in [4.78, 5) is 4.33. The van der Waals surface area contributed by atoms with Gasteiger partial charge in [-0.05, 0) is 18.8 Å². The normalized spacial score (nSPS) is 30.1. The monoisotopic (exact) mass is 311 g/mol. The molecule has 1 saturated carbocycles. The molecule has 1 saturated heterocycles. The first kappa shape index (κ1) is 17.5. The van der Waals surface area contributed by atoms with Crippen molar-refractivity contribution < 1.29 is 9.47 Å². The lowest BCUT2D eigenvalue weighted by atomic mass is 9.57. The molecule has 0 radical (unpaired) electrons. The molecule has 128 valence electrons. The summed E-state index contributed by atoms with van der Waals surface area (Å²) >= 11 is 0. The van der Waals surface area contributed by atoms with E-state index in [9.17, 15) is 0 Å². The van der Waals surface area contributed by atoms with Crippen molar-refractivity contribution in [3.8, 4) is 0 Å². The fourth-order valence-corrected chi connectivity index (χ4v) is 3.62. The van der Waals surface area contributed by atoms with Gasteiger partial charge in [0.1, 0.15) is 0 Å². The quantitative estimate of drug-likeness (QED) is 0.429. The summed E-state index contributed by atoms with van der Waals surface area (Å²) in [6, 6.07) is 0.438. The number of rotatable bonds is 7. The summed E-state index contributed by atoms with van der Waals surface area (Å²) in [5.41, 5.74) is 0.173. The van der Waals surface area contributed by atoms with E-state index in [1.54, 1.807) is 0 Å². The molecule has 0 aromatic rings. The Morgan fingerprint density at radius 1 is 1.36 bits per heavy atom. The third-order valence-electron chi connectivity index (χ3n) is 4.99. The van der Waals surface area contributed by atoms with Crippen LogP contribution >= 0.6 is 0 Å². The Hall–Kier alpha value is -0.810. The maximum atomic E-state index is 5.84. The zero-order valence-electron chi connectivity index (χ0n) is 14.8. The van der Waals surface area contributed by atoms with Crippen molar-refractivity contribution in [2.45, 2.75) is 52.7 Å². The fraction of sp³-hybridized carbons (Fsp3) is 0.941. The molecule has 22 heavy (non-hydrogen) atoms. The van der Waals surface area contributed by atoms with Crippen molar-refractivity contribution in [3.05, 3.63) is 0 Å². The van der Waals surface area contributed by atoms with E-state index in [1.165, 1.54) is 0 Å². The smallest absolute Gasteiger partial charge is 0.191 e. The van der Waals surface area contributed by atoms with Gasteiger partial charge in [0.05, 0.1) is 12.7 Å². The summed E-state index contributed by atoms with van der Waals surface area (Å²) in [5.74, 6) is 2.19. The Kier molecular flexibility index (Phi) is 6.09. The molecule has 1 aliphatic heterocycles. The lowest BCUT2D eigenvalue weighted by Crippen LogP contribution is -2.68. The fourth-order valence-electron chi connectivity index (χ4n) is 3.62. The van der Waals surface area contributed by atoms with E-state index in [0.717, 1.165) is 45.2 Å². The predicted octanol–water partition coefficient (Wildman–Crippen LogP) is 2.03. The minimum Gasteiger partial charge on any atom is -0.380 e. The van der Waals surface area contributed by atoms with Gasteiger partial charge < -0.3 is 20.1 Å². The molecular weight excluding hydrogens is 278 g/mol. The molecule has 1 heterocycles. The van der Waals surface area contributed by atoms with E-state index >= 15 is 0 Å². The van der Waals surface area contributed by atoms with Crippen LogP contribution in [0.4, 0.5) is 0 Å². The van der Waals surface area contributed by atoms with E-state index in [4.69, 9.17) is 9.47 Å². The molecule has 3 atom stereocenters. The highest BCUT2D eigenvalue weighted by Crippen LogP contribution is 2.51. The van der Waals surface area contributed by atoms with Gasteiger partial charge in [-0.2, -0.15) is 0 Å². The van der Waals surface area contributed by atoms with Crippen molar-refractivity contribution >= 4 is 5.96 Å². The summed E-state index contributed by atoms with van der Waals surface area (Å²) in [5, 5.41) is 6.92. The van der Waals surface area contributed by atoms with Gasteiger partial charge >= 0.3 is 0 Å². The highest BCUT2D eigenvalue weighted by molar-refractivity contribution is 5.80. The second kappa shape index (κ2) is 7.64. The van der Waals surface area contributed by atoms with E-state index < -0.39 is 0 Å². The van der Waals surface area contributed by atoms with Gasteiger partial charge in [0.25, 0.3) is 0 Å². The van der Waals surface area contributed by atoms with Gasteiger partial charge in [-0.25, -0.2) is 0 Å². The van der Waals surface area contributed by atoms with Crippen LogP contribution in [0.2, 0.25) is 0 Å². The molecular formula is C17H33N3O2. The first-order valence-corrected chi connectivity index (χ1v) is 8.63. The number of fused-ring (bicyclic) bond motifs is 1. The SMILES string of the molecule is CN=C(NCCOCCC(C)C)NC1C2CCOC2C1(C)C. The van der Waals surface area contributed by atoms with Crippen LogP contribution in [0.15, 0.2) is 4.99 Å². The number of hydrogen-bond donors (Lipinski definition) is 2. The number of nitrogens with one attached hydrogen (secondary N) is 2. The zero-order chi connectivity index (χ0) is 16.2. The standard InChI is InChI=1S/C17H33N3O2/c1-12(2)6-9-21-11-8-19-16(18-5)20-14-13-7-10-22-15(13)17(14,3)4/h12-15H,6-11H2,1-5H3,(H2,18,19,20). The third-order valence-corrected chi connectivity index (χ3v) is 4.99. The molecule has 2 fully saturated rings. The van der Waals surface area contributed by atoms with Crippen LogP contribution in [0.1, 0.15) is 40.5 Å². The highest BCUT2D eigenvalue weighted by atomic mass is 16.5. The largest absolute Gasteiger partial charge is 0.380 e. The summed E-state index contributed by atoms with van der Waals surface area (Å²) in [6.07, 6.45) is 2.68. The van der Waals surface area contributed by atoms with Crippen molar-refractivity contribution in [2.24, 2.45) is 22.2 Å². The molecule has 2 rings (SSSR count). The molecule has 3 unspecified atom stereocenters. The van der Waals surface area contributed by atoms with Crippen LogP contribution in [0, 0.1) is 17.3 Å². The first-order valence-electron chi connectivity index (χ1n) is 8.63. The van der Waals surface area contributed by atoms with Crippen molar-refractivity contribution in [1.29, 1.82) is 0 Å². The van der Waals surface area contributed by atoms with Crippen molar-refractivity contribution in [3.63, 3.8) is 0 Å². The molecule has 5 heteroatoms. The summed E-state index contributed by atoms with van der Waals surface area (Å²) in [6.45, 7) is 12.2. The lowest BCUT2D eigenvalue weighted by Gasteiger charge is -2.54. The van der Waals surface area contributed by atoms with Gasteiger partial charge in [0.15, 0.2) is 5.96 Å². The van der Waals surface area contributed by atoms with Gasteiger partial charge in [-0.1, -0.05) is 27.7 Å². The van der Waals surface area contributed by atoms with E-state index in [0.29, 0.717) is 24.0 Å². The topological polar surface area (TPSA) is 54.9 Å². The second-order valence-corrected chi connectivity index (χ2v) is 7.48. The molecule has 1 aliphatic carbocycles. The molecule has 0 amide bonds. The third kappa shape index (κ3) is 3.93. The summed E-state index contributed by atoms with van der Waals surface area (Å²) in [7, 11) is 1.82. The Labute approximate surface area is 135 Å². The number of hydrogen-bond acceptors (Lipinski definition) is 3. The zero-order valence-corrected chi connectivity index (χ0v) is 14.8. The van der Waals surface area contributed by atoms with Gasteiger partial charge in [0, 0.05) is 44.2 Å². The van der Waals surface area contributed by atoms with E-state index in [2.05, 4.69) is 43.3 Å². The van der Waals surface area contributed by atoms with Crippen LogP contribution < -0.4 is 10.6 Å². The maximum Gasteiger partial charge on any atom is 0.191 e. The first-order chi connectivity index (χ1) is 10.5. The van der Waals surface area contributed by atoms with Crippen LogP contribution in [-0.2, 0) is 9.47 Å². The molecule has 5 nitrogen and oxygen atoms in total. The van der Waals surface area contributed by atoms with Crippen molar-refractivity contribution in [1.82, 2.24) is 10.6 Å². The van der Waals surface area contributed by atoms with Crippen LogP contribution in [0.25, 0.3) is 0 Å². The molecule has 0 spiro atoms. The minimum absolute atomic E-state index is 0.173. The molecule has 0 aromatic carbocycles. The Morgan fingerprint density at radius 3 is 2.82 bits per heavy atom. The van der Waals surface area contributed by atoms with E-state index in [1.807, 2.05) is 7.05 Å².